The molecule has 80 valence electrons. The third-order valence-corrected chi connectivity index (χ3v) is 1.90. The van der Waals surface area contributed by atoms with E-state index in [-0.39, 0.29) is 18.0 Å². The number of aliphatic hydroxyl groups is 1. The number of hydrogen-bond donors (Lipinski definition) is 3. The SMILES string of the molecule is C[C@@H](O)[C@@H](N)c1cccc(F)c1O.Cl. The van der Waals surface area contributed by atoms with Gasteiger partial charge in [0.15, 0.2) is 11.6 Å². The molecule has 0 saturated heterocycles. The average Bonchev–Trinajstić information content (AvgIpc) is 2.08. The van der Waals surface area contributed by atoms with Crippen molar-refractivity contribution in [1.82, 2.24) is 0 Å². The van der Waals surface area contributed by atoms with E-state index >= 15 is 0 Å². The summed E-state index contributed by atoms with van der Waals surface area (Å²) < 4.78 is 12.8. The van der Waals surface area contributed by atoms with Crippen molar-refractivity contribution < 1.29 is 14.6 Å². The molecule has 5 heteroatoms. The van der Waals surface area contributed by atoms with Gasteiger partial charge in [-0.15, -0.1) is 12.4 Å². The predicted octanol–water partition coefficient (Wildman–Crippen LogP) is 1.33. The number of aliphatic hydroxyl groups excluding tert-OH is 1. The van der Waals surface area contributed by atoms with Crippen LogP contribution in [0.25, 0.3) is 0 Å². The van der Waals surface area contributed by atoms with Crippen molar-refractivity contribution in [2.45, 2.75) is 19.1 Å². The lowest BCUT2D eigenvalue weighted by Crippen LogP contribution is -2.23. The van der Waals surface area contributed by atoms with Gasteiger partial charge in [-0.3, -0.25) is 0 Å². The minimum Gasteiger partial charge on any atom is -0.505 e. The van der Waals surface area contributed by atoms with Gasteiger partial charge in [0.2, 0.25) is 0 Å². The average molecular weight is 222 g/mol. The zero-order valence-electron chi connectivity index (χ0n) is 7.64. The number of aromatic hydroxyl groups is 1. The van der Waals surface area contributed by atoms with E-state index in [4.69, 9.17) is 10.8 Å². The highest BCUT2D eigenvalue weighted by atomic mass is 35.5. The Bertz CT molecular complexity index is 307. The summed E-state index contributed by atoms with van der Waals surface area (Å²) in [5, 5.41) is 18.4. The van der Waals surface area contributed by atoms with Crippen molar-refractivity contribution in [3.05, 3.63) is 29.6 Å². The third-order valence-electron chi connectivity index (χ3n) is 1.90. The largest absolute Gasteiger partial charge is 0.505 e. The summed E-state index contributed by atoms with van der Waals surface area (Å²) in [7, 11) is 0. The van der Waals surface area contributed by atoms with Gasteiger partial charge in [0.25, 0.3) is 0 Å². The molecule has 0 aromatic heterocycles. The number of hydrogen-bond acceptors (Lipinski definition) is 3. The van der Waals surface area contributed by atoms with Crippen molar-refractivity contribution in [3.8, 4) is 5.75 Å². The Morgan fingerprint density at radius 1 is 1.43 bits per heavy atom. The smallest absolute Gasteiger partial charge is 0.165 e. The monoisotopic (exact) mass is 221 g/mol. The van der Waals surface area contributed by atoms with E-state index in [0.717, 1.165) is 6.07 Å². The van der Waals surface area contributed by atoms with Crippen molar-refractivity contribution in [1.29, 1.82) is 0 Å². The molecule has 3 nitrogen and oxygen atoms in total. The summed E-state index contributed by atoms with van der Waals surface area (Å²) in [4.78, 5) is 0. The number of rotatable bonds is 2. The van der Waals surface area contributed by atoms with Gasteiger partial charge in [-0.1, -0.05) is 12.1 Å². The molecule has 0 bridgehead atoms. The number of phenols is 1. The van der Waals surface area contributed by atoms with Crippen LogP contribution in [0.5, 0.6) is 5.75 Å². The van der Waals surface area contributed by atoms with Crippen LogP contribution in [0.1, 0.15) is 18.5 Å². The second-order valence-electron chi connectivity index (χ2n) is 2.94. The van der Waals surface area contributed by atoms with Gasteiger partial charge < -0.3 is 15.9 Å². The molecule has 1 rings (SSSR count). The molecule has 0 radical (unpaired) electrons. The summed E-state index contributed by atoms with van der Waals surface area (Å²) in [5.74, 6) is -1.22. The summed E-state index contributed by atoms with van der Waals surface area (Å²) in [6.07, 6.45) is -0.826. The fraction of sp³-hybridized carbons (Fsp3) is 0.333. The first-order valence-electron chi connectivity index (χ1n) is 3.95. The molecule has 0 spiro atoms. The predicted molar refractivity (Wildman–Crippen MR) is 53.9 cm³/mol. The normalized spacial score (nSPS) is 14.3. The van der Waals surface area contributed by atoms with Crippen LogP contribution in [0.15, 0.2) is 18.2 Å². The van der Waals surface area contributed by atoms with E-state index in [1.54, 1.807) is 0 Å². The number of para-hydroxylation sites is 1. The van der Waals surface area contributed by atoms with E-state index in [2.05, 4.69) is 0 Å². The molecule has 0 heterocycles. The van der Waals surface area contributed by atoms with Gasteiger partial charge in [-0.05, 0) is 13.0 Å². The molecule has 0 aliphatic heterocycles. The summed E-state index contributed by atoms with van der Waals surface area (Å²) in [6.45, 7) is 1.48. The van der Waals surface area contributed by atoms with Crippen LogP contribution < -0.4 is 5.73 Å². The maximum Gasteiger partial charge on any atom is 0.165 e. The molecular weight excluding hydrogens is 209 g/mol. The van der Waals surface area contributed by atoms with Crippen molar-refractivity contribution >= 4 is 12.4 Å². The van der Waals surface area contributed by atoms with Crippen LogP contribution in [0.3, 0.4) is 0 Å². The molecule has 0 aliphatic rings. The zero-order valence-corrected chi connectivity index (χ0v) is 8.46. The van der Waals surface area contributed by atoms with Crippen molar-refractivity contribution in [2.75, 3.05) is 0 Å². The Balaban J connectivity index is 0.00000169. The second-order valence-corrected chi connectivity index (χ2v) is 2.94. The minimum absolute atomic E-state index is 0. The van der Waals surface area contributed by atoms with Crippen molar-refractivity contribution in [2.24, 2.45) is 5.73 Å². The van der Waals surface area contributed by atoms with Gasteiger partial charge >= 0.3 is 0 Å². The van der Waals surface area contributed by atoms with E-state index in [9.17, 15) is 9.50 Å². The van der Waals surface area contributed by atoms with Crippen LogP contribution in [-0.4, -0.2) is 16.3 Å². The first-order chi connectivity index (χ1) is 6.04. The lowest BCUT2D eigenvalue weighted by atomic mass is 10.0. The summed E-state index contributed by atoms with van der Waals surface area (Å²) in [6, 6.07) is 3.28. The Morgan fingerprint density at radius 2 is 2.00 bits per heavy atom. The van der Waals surface area contributed by atoms with Gasteiger partial charge in [0.05, 0.1) is 12.1 Å². The van der Waals surface area contributed by atoms with E-state index < -0.39 is 23.7 Å². The van der Waals surface area contributed by atoms with E-state index in [1.165, 1.54) is 19.1 Å². The van der Waals surface area contributed by atoms with Gasteiger partial charge in [-0.2, -0.15) is 0 Å². The van der Waals surface area contributed by atoms with E-state index in [1.807, 2.05) is 0 Å². The minimum atomic E-state index is -0.826. The second kappa shape index (κ2) is 5.14. The van der Waals surface area contributed by atoms with Crippen LogP contribution >= 0.6 is 12.4 Å². The lowest BCUT2D eigenvalue weighted by Gasteiger charge is -2.16. The Morgan fingerprint density at radius 3 is 2.50 bits per heavy atom. The molecule has 1 aromatic rings. The standard InChI is InChI=1S/C9H12FNO2.ClH/c1-5(12)8(11)6-3-2-4-7(10)9(6)13;/h2-5,8,12-13H,11H2,1H3;1H/t5-,8-;/m1./s1. The highest BCUT2D eigenvalue weighted by molar-refractivity contribution is 5.85. The maximum absolute atomic E-state index is 12.8. The molecule has 14 heavy (non-hydrogen) atoms. The fourth-order valence-corrected chi connectivity index (χ4v) is 1.06. The molecule has 0 amide bonds. The Kier molecular flexibility index (Phi) is 4.83. The van der Waals surface area contributed by atoms with Gasteiger partial charge in [0.1, 0.15) is 0 Å². The molecule has 4 N–H and O–H groups in total. The number of phenolic OH excluding ortho intramolecular Hbond substituents is 1. The van der Waals surface area contributed by atoms with Gasteiger partial charge in [-0.25, -0.2) is 4.39 Å². The quantitative estimate of drug-likeness (QED) is 0.706. The molecule has 0 fully saturated rings. The van der Waals surface area contributed by atoms with E-state index in [0.29, 0.717) is 0 Å². The molecular formula is C9H13ClFNO2. The number of halogens is 2. The number of benzene rings is 1. The molecule has 0 unspecified atom stereocenters. The highest BCUT2D eigenvalue weighted by Gasteiger charge is 2.17. The fourth-order valence-electron chi connectivity index (χ4n) is 1.06. The maximum atomic E-state index is 12.8. The zero-order chi connectivity index (χ0) is 10.0. The first kappa shape index (κ1) is 13.2. The first-order valence-corrected chi connectivity index (χ1v) is 3.95. The van der Waals surface area contributed by atoms with Crippen LogP contribution in [0.2, 0.25) is 0 Å². The van der Waals surface area contributed by atoms with Crippen LogP contribution in [-0.2, 0) is 0 Å². The summed E-state index contributed by atoms with van der Waals surface area (Å²) >= 11 is 0. The van der Waals surface area contributed by atoms with Crippen LogP contribution in [0.4, 0.5) is 4.39 Å². The molecule has 0 saturated carbocycles. The highest BCUT2D eigenvalue weighted by Crippen LogP contribution is 2.26. The van der Waals surface area contributed by atoms with Gasteiger partial charge in [0, 0.05) is 5.56 Å². The Hall–Kier alpha value is -0.840. The Labute approximate surface area is 87.8 Å². The number of nitrogens with two attached hydrogens (primary N) is 1. The molecule has 2 atom stereocenters. The summed E-state index contributed by atoms with van der Waals surface area (Å²) in [5.41, 5.74) is 5.75. The lowest BCUT2D eigenvalue weighted by molar-refractivity contribution is 0.162. The molecule has 0 aliphatic carbocycles. The van der Waals surface area contributed by atoms with Crippen molar-refractivity contribution in [3.63, 3.8) is 0 Å². The van der Waals surface area contributed by atoms with Crippen LogP contribution in [0, 0.1) is 5.82 Å². The third kappa shape index (κ3) is 2.57. The molecule has 1 aromatic carbocycles. The topological polar surface area (TPSA) is 66.5 Å².